The maximum absolute atomic E-state index is 5.98. The Balaban J connectivity index is 1.82. The summed E-state index contributed by atoms with van der Waals surface area (Å²) in [6.45, 7) is 1.76. The number of nitrogens with two attached hydrogens (primary N) is 1. The predicted octanol–water partition coefficient (Wildman–Crippen LogP) is 1.28. The molecule has 1 aromatic carbocycles. The number of benzene rings is 1. The van der Waals surface area contributed by atoms with Gasteiger partial charge in [0.2, 0.25) is 0 Å². The van der Waals surface area contributed by atoms with Crippen molar-refractivity contribution in [3.8, 4) is 5.75 Å². The summed E-state index contributed by atoms with van der Waals surface area (Å²) in [5.41, 5.74) is 7.30. The maximum atomic E-state index is 5.98. The summed E-state index contributed by atoms with van der Waals surface area (Å²) in [4.78, 5) is 0. The third kappa shape index (κ3) is 2.94. The van der Waals surface area contributed by atoms with Gasteiger partial charge in [0, 0.05) is 18.6 Å². The Morgan fingerprint density at radius 3 is 2.93 bits per heavy atom. The Morgan fingerprint density at radius 2 is 2.27 bits per heavy atom. The normalized spacial score (nSPS) is 17.5. The van der Waals surface area contributed by atoms with Crippen LogP contribution in [-0.2, 0) is 6.54 Å². The van der Waals surface area contributed by atoms with Gasteiger partial charge in [-0.25, -0.2) is 0 Å². The van der Waals surface area contributed by atoms with Gasteiger partial charge in [-0.2, -0.15) is 0 Å². The fourth-order valence-corrected chi connectivity index (χ4v) is 1.58. The molecule has 0 amide bonds. The first-order chi connectivity index (χ1) is 7.22. The first kappa shape index (κ1) is 10.5. The van der Waals surface area contributed by atoms with Gasteiger partial charge in [0.15, 0.2) is 0 Å². The number of rotatable bonds is 5. The fraction of sp³-hybridized carbons (Fsp3) is 0.500. The van der Waals surface area contributed by atoms with E-state index in [-0.39, 0.29) is 5.54 Å². The molecule has 0 radical (unpaired) electrons. The van der Waals surface area contributed by atoms with Gasteiger partial charge in [0.25, 0.3) is 0 Å². The van der Waals surface area contributed by atoms with Crippen molar-refractivity contribution in [3.05, 3.63) is 29.8 Å². The molecule has 15 heavy (non-hydrogen) atoms. The summed E-state index contributed by atoms with van der Waals surface area (Å²) >= 11 is 0. The molecule has 0 heterocycles. The summed E-state index contributed by atoms with van der Waals surface area (Å²) in [6.07, 6.45) is 2.30. The minimum atomic E-state index is 0.0822. The lowest BCUT2D eigenvalue weighted by Crippen LogP contribution is -2.35. The van der Waals surface area contributed by atoms with Gasteiger partial charge in [-0.1, -0.05) is 12.1 Å². The van der Waals surface area contributed by atoms with Gasteiger partial charge in [-0.3, -0.25) is 0 Å². The van der Waals surface area contributed by atoms with Gasteiger partial charge < -0.3 is 15.8 Å². The number of methoxy groups -OCH3 is 1. The molecule has 3 N–H and O–H groups in total. The van der Waals surface area contributed by atoms with Gasteiger partial charge in [-0.15, -0.1) is 0 Å². The van der Waals surface area contributed by atoms with E-state index < -0.39 is 0 Å². The molecule has 2 rings (SSSR count). The van der Waals surface area contributed by atoms with E-state index in [9.17, 15) is 0 Å². The standard InChI is InChI=1S/C12H18N2O/c1-15-11-4-2-3-10(7-11)8-14-9-12(13)5-6-12/h2-4,7,14H,5-6,8-9,13H2,1H3. The molecule has 0 saturated heterocycles. The van der Waals surface area contributed by atoms with Crippen LogP contribution in [0.4, 0.5) is 0 Å². The summed E-state index contributed by atoms with van der Waals surface area (Å²) in [6, 6.07) is 8.09. The third-order valence-corrected chi connectivity index (χ3v) is 2.83. The van der Waals surface area contributed by atoms with Crippen LogP contribution in [0.1, 0.15) is 18.4 Å². The van der Waals surface area contributed by atoms with E-state index in [1.807, 2.05) is 18.2 Å². The second kappa shape index (κ2) is 4.21. The molecule has 3 nitrogen and oxygen atoms in total. The highest BCUT2D eigenvalue weighted by Crippen LogP contribution is 2.31. The molecular weight excluding hydrogens is 188 g/mol. The lowest BCUT2D eigenvalue weighted by atomic mass is 10.2. The molecule has 1 saturated carbocycles. The minimum absolute atomic E-state index is 0.0822. The smallest absolute Gasteiger partial charge is 0.119 e. The Bertz CT molecular complexity index is 334. The molecule has 3 heteroatoms. The second-order valence-electron chi connectivity index (χ2n) is 4.32. The van der Waals surface area contributed by atoms with Crippen LogP contribution in [0, 0.1) is 0 Å². The molecule has 0 spiro atoms. The number of hydrogen-bond donors (Lipinski definition) is 2. The zero-order chi connectivity index (χ0) is 10.7. The molecule has 0 atom stereocenters. The van der Waals surface area contributed by atoms with Crippen LogP contribution in [-0.4, -0.2) is 19.2 Å². The lowest BCUT2D eigenvalue weighted by Gasteiger charge is -2.10. The molecular formula is C12H18N2O. The Morgan fingerprint density at radius 1 is 1.47 bits per heavy atom. The molecule has 1 aromatic rings. The van der Waals surface area contributed by atoms with Crippen molar-refractivity contribution in [2.75, 3.05) is 13.7 Å². The Hall–Kier alpha value is -1.06. The number of hydrogen-bond acceptors (Lipinski definition) is 3. The first-order valence-corrected chi connectivity index (χ1v) is 5.34. The maximum Gasteiger partial charge on any atom is 0.119 e. The molecule has 0 aliphatic heterocycles. The molecule has 1 fully saturated rings. The summed E-state index contributed by atoms with van der Waals surface area (Å²) in [5, 5.41) is 3.37. The van der Waals surface area contributed by atoms with E-state index in [1.54, 1.807) is 7.11 Å². The van der Waals surface area contributed by atoms with Crippen LogP contribution in [0.25, 0.3) is 0 Å². The molecule has 0 aromatic heterocycles. The van der Waals surface area contributed by atoms with Gasteiger partial charge >= 0.3 is 0 Å². The van der Waals surface area contributed by atoms with E-state index in [0.29, 0.717) is 0 Å². The van der Waals surface area contributed by atoms with Crippen LogP contribution in [0.2, 0.25) is 0 Å². The van der Waals surface area contributed by atoms with Gasteiger partial charge in [0.05, 0.1) is 7.11 Å². The van der Waals surface area contributed by atoms with Crippen molar-refractivity contribution in [1.29, 1.82) is 0 Å². The monoisotopic (exact) mass is 206 g/mol. The molecule has 1 aliphatic rings. The van der Waals surface area contributed by atoms with Crippen molar-refractivity contribution >= 4 is 0 Å². The number of ether oxygens (including phenoxy) is 1. The van der Waals surface area contributed by atoms with E-state index in [4.69, 9.17) is 10.5 Å². The minimum Gasteiger partial charge on any atom is -0.497 e. The van der Waals surface area contributed by atoms with Crippen molar-refractivity contribution < 1.29 is 4.74 Å². The second-order valence-corrected chi connectivity index (χ2v) is 4.32. The van der Waals surface area contributed by atoms with E-state index in [1.165, 1.54) is 5.56 Å². The highest BCUT2D eigenvalue weighted by atomic mass is 16.5. The SMILES string of the molecule is COc1cccc(CNCC2(N)CC2)c1. The predicted molar refractivity (Wildman–Crippen MR) is 60.9 cm³/mol. The van der Waals surface area contributed by atoms with E-state index >= 15 is 0 Å². The van der Waals surface area contributed by atoms with Crippen LogP contribution in [0.15, 0.2) is 24.3 Å². The van der Waals surface area contributed by atoms with Gasteiger partial charge in [-0.05, 0) is 30.5 Å². The molecule has 0 unspecified atom stereocenters. The van der Waals surface area contributed by atoms with Gasteiger partial charge in [0.1, 0.15) is 5.75 Å². The highest BCUT2D eigenvalue weighted by molar-refractivity contribution is 5.28. The summed E-state index contributed by atoms with van der Waals surface area (Å²) < 4.78 is 5.16. The lowest BCUT2D eigenvalue weighted by molar-refractivity contribution is 0.414. The molecule has 1 aliphatic carbocycles. The van der Waals surface area contributed by atoms with Crippen molar-refractivity contribution in [2.45, 2.75) is 24.9 Å². The number of nitrogens with one attached hydrogen (secondary N) is 1. The first-order valence-electron chi connectivity index (χ1n) is 5.34. The fourth-order valence-electron chi connectivity index (χ4n) is 1.58. The van der Waals surface area contributed by atoms with Crippen LogP contribution in [0.3, 0.4) is 0 Å². The molecule has 0 bridgehead atoms. The summed E-state index contributed by atoms with van der Waals surface area (Å²) in [7, 11) is 1.69. The zero-order valence-electron chi connectivity index (χ0n) is 9.12. The zero-order valence-corrected chi connectivity index (χ0v) is 9.12. The van der Waals surface area contributed by atoms with Crippen LogP contribution in [0.5, 0.6) is 5.75 Å². The van der Waals surface area contributed by atoms with Crippen LogP contribution < -0.4 is 15.8 Å². The van der Waals surface area contributed by atoms with E-state index in [2.05, 4.69) is 11.4 Å². The molecule has 82 valence electrons. The van der Waals surface area contributed by atoms with Crippen molar-refractivity contribution in [1.82, 2.24) is 5.32 Å². The average Bonchev–Trinajstić information content (AvgIpc) is 2.97. The Labute approximate surface area is 90.6 Å². The average molecular weight is 206 g/mol. The topological polar surface area (TPSA) is 47.3 Å². The highest BCUT2D eigenvalue weighted by Gasteiger charge is 2.37. The third-order valence-electron chi connectivity index (χ3n) is 2.83. The summed E-state index contributed by atoms with van der Waals surface area (Å²) in [5.74, 6) is 0.906. The quantitative estimate of drug-likeness (QED) is 0.763. The van der Waals surface area contributed by atoms with Crippen LogP contribution >= 0.6 is 0 Å². The van der Waals surface area contributed by atoms with E-state index in [0.717, 1.165) is 31.7 Å². The van der Waals surface area contributed by atoms with Crippen molar-refractivity contribution in [2.24, 2.45) is 5.73 Å². The Kier molecular flexibility index (Phi) is 2.93. The largest absolute Gasteiger partial charge is 0.497 e. The van der Waals surface area contributed by atoms with Crippen molar-refractivity contribution in [3.63, 3.8) is 0 Å².